The van der Waals surface area contributed by atoms with E-state index in [1.807, 2.05) is 12.1 Å². The van der Waals surface area contributed by atoms with Crippen molar-refractivity contribution >= 4 is 39.0 Å². The maximum atomic E-state index is 13.0. The first-order valence-electron chi connectivity index (χ1n) is 10.8. The van der Waals surface area contributed by atoms with E-state index >= 15 is 0 Å². The van der Waals surface area contributed by atoms with Crippen molar-refractivity contribution in [1.29, 1.82) is 0 Å². The topological polar surface area (TPSA) is 69.7 Å². The molecule has 2 aliphatic rings. The molecule has 0 saturated carbocycles. The van der Waals surface area contributed by atoms with Gasteiger partial charge in [0.15, 0.2) is 0 Å². The van der Waals surface area contributed by atoms with Gasteiger partial charge in [0.25, 0.3) is 5.91 Å². The third-order valence-electron chi connectivity index (χ3n) is 5.75. The molecule has 0 bridgehead atoms. The fraction of sp³-hybridized carbons (Fsp3) is 0.500. The number of nitrogens with one attached hydrogen (secondary N) is 1. The zero-order chi connectivity index (χ0) is 21.7. The van der Waals surface area contributed by atoms with Gasteiger partial charge in [-0.25, -0.2) is 8.42 Å². The number of piperidine rings is 1. The van der Waals surface area contributed by atoms with Gasteiger partial charge in [0.2, 0.25) is 10.0 Å². The van der Waals surface area contributed by atoms with Gasteiger partial charge in [0.1, 0.15) is 9.77 Å². The van der Waals surface area contributed by atoms with Gasteiger partial charge in [-0.05, 0) is 48.5 Å². The number of amides is 1. The first-order chi connectivity index (χ1) is 15.0. The number of benzene rings is 1. The van der Waals surface area contributed by atoms with Crippen LogP contribution in [0.15, 0.2) is 40.6 Å². The molecule has 2 fully saturated rings. The SMILES string of the molecule is O=C(NCc1ccc(CN2CCCCC2)cc1)c1sccc1S(=O)(=O)N1CCSCC1. The smallest absolute Gasteiger partial charge is 0.263 e. The van der Waals surface area contributed by atoms with Crippen molar-refractivity contribution in [3.63, 3.8) is 0 Å². The van der Waals surface area contributed by atoms with Crippen LogP contribution in [0.5, 0.6) is 0 Å². The maximum absolute atomic E-state index is 13.0. The minimum absolute atomic E-state index is 0.124. The minimum Gasteiger partial charge on any atom is -0.347 e. The third kappa shape index (κ3) is 5.70. The van der Waals surface area contributed by atoms with Crippen molar-refractivity contribution in [2.45, 2.75) is 37.2 Å². The van der Waals surface area contributed by atoms with E-state index in [1.54, 1.807) is 23.2 Å². The van der Waals surface area contributed by atoms with Crippen molar-refractivity contribution in [2.75, 3.05) is 37.7 Å². The zero-order valence-corrected chi connectivity index (χ0v) is 20.0. The van der Waals surface area contributed by atoms with Crippen LogP contribution in [0.1, 0.15) is 40.1 Å². The van der Waals surface area contributed by atoms with Crippen LogP contribution in [-0.4, -0.2) is 61.2 Å². The molecule has 3 heterocycles. The first kappa shape index (κ1) is 22.8. The highest BCUT2D eigenvalue weighted by Gasteiger charge is 2.31. The number of nitrogens with zero attached hydrogens (tertiary/aromatic N) is 2. The van der Waals surface area contributed by atoms with Crippen LogP contribution in [0.4, 0.5) is 0 Å². The van der Waals surface area contributed by atoms with Gasteiger partial charge in [-0.15, -0.1) is 11.3 Å². The number of rotatable bonds is 7. The summed E-state index contributed by atoms with van der Waals surface area (Å²) in [6.45, 7) is 4.67. The number of carbonyl (C=O) groups excluding carboxylic acids is 1. The molecule has 0 atom stereocenters. The second kappa shape index (κ2) is 10.5. The molecule has 168 valence electrons. The van der Waals surface area contributed by atoms with E-state index in [0.29, 0.717) is 19.6 Å². The van der Waals surface area contributed by atoms with Gasteiger partial charge in [-0.1, -0.05) is 30.7 Å². The maximum Gasteiger partial charge on any atom is 0.263 e. The molecular formula is C22H29N3O3S3. The van der Waals surface area contributed by atoms with Crippen LogP contribution in [0.25, 0.3) is 0 Å². The Balaban J connectivity index is 1.35. The van der Waals surface area contributed by atoms with E-state index in [4.69, 9.17) is 0 Å². The van der Waals surface area contributed by atoms with E-state index in [9.17, 15) is 13.2 Å². The molecule has 4 rings (SSSR count). The number of hydrogen-bond donors (Lipinski definition) is 1. The number of thiophene rings is 1. The number of hydrogen-bond acceptors (Lipinski definition) is 6. The summed E-state index contributed by atoms with van der Waals surface area (Å²) in [5, 5.41) is 4.57. The summed E-state index contributed by atoms with van der Waals surface area (Å²) >= 11 is 2.93. The predicted molar refractivity (Wildman–Crippen MR) is 127 cm³/mol. The molecule has 2 aliphatic heterocycles. The molecule has 2 saturated heterocycles. The van der Waals surface area contributed by atoms with Crippen molar-refractivity contribution in [2.24, 2.45) is 0 Å². The largest absolute Gasteiger partial charge is 0.347 e. The normalized spacial score (nSPS) is 18.7. The summed E-state index contributed by atoms with van der Waals surface area (Å²) in [6, 6.07) is 9.86. The fourth-order valence-electron chi connectivity index (χ4n) is 3.99. The fourth-order valence-corrected chi connectivity index (χ4v) is 7.89. The number of sulfonamides is 1. The summed E-state index contributed by atoms with van der Waals surface area (Å²) in [5.74, 6) is 1.24. The summed E-state index contributed by atoms with van der Waals surface area (Å²) in [6.07, 6.45) is 3.89. The lowest BCUT2D eigenvalue weighted by Crippen LogP contribution is -2.38. The van der Waals surface area contributed by atoms with Crippen LogP contribution in [0.2, 0.25) is 0 Å². The lowest BCUT2D eigenvalue weighted by atomic mass is 10.1. The quantitative estimate of drug-likeness (QED) is 0.659. The molecule has 1 amide bonds. The molecule has 0 unspecified atom stereocenters. The monoisotopic (exact) mass is 479 g/mol. The molecule has 0 spiro atoms. The second-order valence-corrected chi connectivity index (χ2v) is 12.0. The Bertz CT molecular complexity index is 977. The highest BCUT2D eigenvalue weighted by molar-refractivity contribution is 7.99. The van der Waals surface area contributed by atoms with Gasteiger partial charge in [0.05, 0.1) is 0 Å². The Labute approximate surface area is 193 Å². The van der Waals surface area contributed by atoms with E-state index in [0.717, 1.165) is 23.6 Å². The van der Waals surface area contributed by atoms with Gasteiger partial charge in [-0.2, -0.15) is 16.1 Å². The average Bonchev–Trinajstić information content (AvgIpc) is 3.31. The Hall–Kier alpha value is -1.39. The highest BCUT2D eigenvalue weighted by Crippen LogP contribution is 2.27. The molecule has 31 heavy (non-hydrogen) atoms. The van der Waals surface area contributed by atoms with Gasteiger partial charge < -0.3 is 5.32 Å². The second-order valence-electron chi connectivity index (χ2n) is 7.97. The van der Waals surface area contributed by atoms with Crippen LogP contribution in [-0.2, 0) is 23.1 Å². The highest BCUT2D eigenvalue weighted by atomic mass is 32.2. The standard InChI is InChI=1S/C22H29N3O3S3/c26-22(21-20(8-13-30-21)31(27,28)25-11-14-29-15-12-25)23-16-18-4-6-19(7-5-18)17-24-9-2-1-3-10-24/h4-8,13H,1-3,9-12,14-17H2,(H,23,26). The molecular weight excluding hydrogens is 450 g/mol. The first-order valence-corrected chi connectivity index (χ1v) is 14.3. The van der Waals surface area contributed by atoms with Gasteiger partial charge in [0, 0.05) is 37.7 Å². The molecule has 1 aromatic heterocycles. The number of carbonyl (C=O) groups is 1. The molecule has 1 N–H and O–H groups in total. The lowest BCUT2D eigenvalue weighted by molar-refractivity contribution is 0.0952. The Morgan fingerprint density at radius 2 is 1.61 bits per heavy atom. The Kier molecular flexibility index (Phi) is 7.71. The van der Waals surface area contributed by atoms with Crippen LogP contribution in [0.3, 0.4) is 0 Å². The zero-order valence-electron chi connectivity index (χ0n) is 17.6. The lowest BCUT2D eigenvalue weighted by Gasteiger charge is -2.26. The molecule has 6 nitrogen and oxygen atoms in total. The summed E-state index contributed by atoms with van der Waals surface area (Å²) in [5.41, 5.74) is 2.29. The van der Waals surface area contributed by atoms with E-state index in [-0.39, 0.29) is 15.7 Å². The summed E-state index contributed by atoms with van der Waals surface area (Å²) in [7, 11) is -3.63. The minimum atomic E-state index is -3.63. The third-order valence-corrected chi connectivity index (χ3v) is 9.68. The molecule has 1 aromatic carbocycles. The van der Waals surface area contributed by atoms with Crippen molar-refractivity contribution < 1.29 is 13.2 Å². The Morgan fingerprint density at radius 1 is 0.935 bits per heavy atom. The molecule has 9 heteroatoms. The van der Waals surface area contributed by atoms with Crippen molar-refractivity contribution in [3.05, 3.63) is 51.7 Å². The number of thioether (sulfide) groups is 1. The van der Waals surface area contributed by atoms with Gasteiger partial charge in [-0.3, -0.25) is 9.69 Å². The molecule has 2 aromatic rings. The van der Waals surface area contributed by atoms with Crippen LogP contribution >= 0.6 is 23.1 Å². The van der Waals surface area contributed by atoms with Gasteiger partial charge >= 0.3 is 0 Å². The van der Waals surface area contributed by atoms with E-state index < -0.39 is 10.0 Å². The average molecular weight is 480 g/mol. The molecule has 0 aliphatic carbocycles. The predicted octanol–water partition coefficient (Wildman–Crippen LogP) is 3.40. The van der Waals surface area contributed by atoms with Crippen LogP contribution < -0.4 is 5.32 Å². The van der Waals surface area contributed by atoms with E-state index in [1.165, 1.54) is 53.6 Å². The summed E-state index contributed by atoms with van der Waals surface area (Å²) < 4.78 is 27.5. The Morgan fingerprint density at radius 3 is 2.32 bits per heavy atom. The van der Waals surface area contributed by atoms with Crippen molar-refractivity contribution in [3.8, 4) is 0 Å². The van der Waals surface area contributed by atoms with Crippen LogP contribution in [0, 0.1) is 0 Å². The summed E-state index contributed by atoms with van der Waals surface area (Å²) in [4.78, 5) is 15.6. The van der Waals surface area contributed by atoms with E-state index in [2.05, 4.69) is 22.3 Å². The molecule has 0 radical (unpaired) electrons. The van der Waals surface area contributed by atoms with Crippen molar-refractivity contribution in [1.82, 2.24) is 14.5 Å². The number of likely N-dealkylation sites (tertiary alicyclic amines) is 1.